The normalized spacial score (nSPS) is 21.8. The molecule has 4 aromatic heterocycles. The van der Waals surface area contributed by atoms with E-state index in [1.807, 2.05) is 28.5 Å². The van der Waals surface area contributed by atoms with Gasteiger partial charge in [-0.25, -0.2) is 27.7 Å². The number of hydrogen-bond donors (Lipinski definition) is 3. The average Bonchev–Trinajstić information content (AvgIpc) is 4.38. The molecule has 5 aliphatic heterocycles. The van der Waals surface area contributed by atoms with Crippen LogP contribution in [0.5, 0.6) is 6.01 Å². The number of ether oxygens (including phenoxy) is 3. The van der Waals surface area contributed by atoms with E-state index in [2.05, 4.69) is 21.8 Å². The molecule has 5 aliphatic rings. The van der Waals surface area contributed by atoms with Crippen molar-refractivity contribution in [3.63, 3.8) is 0 Å². The predicted octanol–water partition coefficient (Wildman–Crippen LogP) is 9.84. The fraction of sp³-hybridized carbons (Fsp3) is 0.357. The Morgan fingerprint density at radius 3 is 2.72 bits per heavy atom. The van der Waals surface area contributed by atoms with Crippen molar-refractivity contribution in [2.45, 2.75) is 89.1 Å². The van der Waals surface area contributed by atoms with E-state index in [1.54, 1.807) is 43.0 Å². The molecule has 3 fully saturated rings. The second kappa shape index (κ2) is 19.4. The largest absolute Gasteiger partial charge is 0.461 e. The lowest BCUT2D eigenvalue weighted by Gasteiger charge is -2.41. The monoisotopic (exact) mass is 1130 g/mol. The molecule has 17 nitrogen and oxygen atoms in total. The van der Waals surface area contributed by atoms with Gasteiger partial charge in [0.15, 0.2) is 11.4 Å². The van der Waals surface area contributed by atoms with Crippen LogP contribution in [0.3, 0.4) is 0 Å². The van der Waals surface area contributed by atoms with E-state index in [0.717, 1.165) is 35.9 Å². The maximum atomic E-state index is 17.5. The molecule has 3 saturated heterocycles. The molecular weight excluding hydrogens is 1080 g/mol. The van der Waals surface area contributed by atoms with Crippen LogP contribution in [0.1, 0.15) is 68.7 Å². The number of piperazine rings is 1. The number of hydrogen-bond acceptors (Lipinski definition) is 16. The summed E-state index contributed by atoms with van der Waals surface area (Å²) in [4.78, 5) is 60.1. The molecule has 0 spiro atoms. The average molecular weight is 1130 g/mol. The maximum absolute atomic E-state index is 17.5. The first-order chi connectivity index (χ1) is 37.8. The van der Waals surface area contributed by atoms with Gasteiger partial charge in [0.1, 0.15) is 58.4 Å². The van der Waals surface area contributed by atoms with Gasteiger partial charge in [0, 0.05) is 82.7 Å². The molecule has 23 heteroatoms. The van der Waals surface area contributed by atoms with E-state index >= 15 is 8.78 Å². The van der Waals surface area contributed by atoms with Gasteiger partial charge in [-0.05, 0) is 87.7 Å². The summed E-state index contributed by atoms with van der Waals surface area (Å²) in [6, 6.07) is 14.3. The highest BCUT2D eigenvalue weighted by atomic mass is 35.5. The van der Waals surface area contributed by atoms with Gasteiger partial charge in [0.2, 0.25) is 0 Å². The zero-order chi connectivity index (χ0) is 55.6. The Bertz CT molecular complexity index is 3950. The zero-order valence-corrected chi connectivity index (χ0v) is 45.3. The van der Waals surface area contributed by atoms with Crippen molar-refractivity contribution in [2.75, 3.05) is 55.3 Å². The number of cyclic esters (lactones) is 1. The number of benzene rings is 3. The number of nitrogens with two attached hydrogens (primary N) is 1. The molecule has 0 bridgehead atoms. The van der Waals surface area contributed by atoms with Gasteiger partial charge in [-0.3, -0.25) is 15.0 Å². The van der Waals surface area contributed by atoms with Gasteiger partial charge in [0.25, 0.3) is 5.91 Å². The van der Waals surface area contributed by atoms with Gasteiger partial charge < -0.3 is 39.4 Å². The number of nitrogens with zero attached hydrogens (tertiary/aromatic N) is 8. The molecule has 79 heavy (non-hydrogen) atoms. The molecule has 0 unspecified atom stereocenters. The Kier molecular flexibility index (Phi) is 12.9. The van der Waals surface area contributed by atoms with E-state index in [9.17, 15) is 29.1 Å². The number of thiophene rings is 1. The maximum Gasteiger partial charge on any atom is 0.412 e. The van der Waals surface area contributed by atoms with E-state index in [0.29, 0.717) is 56.7 Å². The summed E-state index contributed by atoms with van der Waals surface area (Å²) in [7, 11) is 0. The Hall–Kier alpha value is -7.42. The van der Waals surface area contributed by atoms with Gasteiger partial charge in [-0.15, -0.1) is 11.3 Å². The summed E-state index contributed by atoms with van der Waals surface area (Å²) in [6.07, 6.45) is -0.944. The van der Waals surface area contributed by atoms with Crippen molar-refractivity contribution in [3.05, 3.63) is 104 Å². The molecule has 3 aromatic carbocycles. The minimum absolute atomic E-state index is 0.0125. The quantitative estimate of drug-likeness (QED) is 0.0660. The molecule has 2 amide bonds. The van der Waals surface area contributed by atoms with Gasteiger partial charge in [0.05, 0.1) is 49.8 Å². The van der Waals surface area contributed by atoms with Crippen LogP contribution in [0.4, 0.5) is 34.5 Å². The fourth-order valence-corrected chi connectivity index (χ4v) is 13.7. The van der Waals surface area contributed by atoms with Crippen LogP contribution in [0.25, 0.3) is 54.4 Å². The Morgan fingerprint density at radius 2 is 1.95 bits per heavy atom. The van der Waals surface area contributed by atoms with Crippen LogP contribution in [0.2, 0.25) is 5.02 Å². The van der Waals surface area contributed by atoms with E-state index in [-0.39, 0.29) is 117 Å². The van der Waals surface area contributed by atoms with Crippen LogP contribution in [0.15, 0.2) is 60.7 Å². The molecule has 0 saturated carbocycles. The Morgan fingerprint density at radius 1 is 1.14 bits per heavy atom. The third-order valence-corrected chi connectivity index (χ3v) is 18.1. The zero-order valence-electron chi connectivity index (χ0n) is 42.9. The van der Waals surface area contributed by atoms with Crippen LogP contribution >= 0.6 is 35.2 Å². The van der Waals surface area contributed by atoms with Crippen molar-refractivity contribution in [1.82, 2.24) is 29.3 Å². The van der Waals surface area contributed by atoms with Crippen molar-refractivity contribution in [2.24, 2.45) is 0 Å². The van der Waals surface area contributed by atoms with Crippen LogP contribution in [-0.4, -0.2) is 116 Å². The number of carbonyl (C=O) groups excluding carboxylic acids is 3. The number of esters is 1. The number of nitrogens with one attached hydrogen (secondary N) is 1. The number of fused-ring (bicyclic) bond motifs is 8. The first-order valence-corrected chi connectivity index (χ1v) is 27.4. The lowest BCUT2D eigenvalue weighted by Crippen LogP contribution is -2.54. The number of amides is 2. The molecule has 7 aromatic rings. The first kappa shape index (κ1) is 52.3. The lowest BCUT2D eigenvalue weighted by molar-refractivity contribution is -0.172. The number of alkyl halides is 1. The van der Waals surface area contributed by atoms with Crippen molar-refractivity contribution >= 4 is 102 Å². The van der Waals surface area contributed by atoms with Crippen LogP contribution in [-0.2, 0) is 37.8 Å². The lowest BCUT2D eigenvalue weighted by atomic mass is 9.86. The number of aromatic nitrogens is 4. The van der Waals surface area contributed by atoms with E-state index < -0.39 is 59.1 Å². The van der Waals surface area contributed by atoms with Crippen LogP contribution in [0, 0.1) is 27.6 Å². The topological polar surface area (TPSA) is 214 Å². The minimum Gasteiger partial charge on any atom is -0.461 e. The second-order valence-corrected chi connectivity index (χ2v) is 22.7. The summed E-state index contributed by atoms with van der Waals surface area (Å²) < 4.78 is 67.2. The Balaban J connectivity index is 0.760. The van der Waals surface area contributed by atoms with Gasteiger partial charge in [-0.1, -0.05) is 43.4 Å². The van der Waals surface area contributed by atoms with E-state index in [1.165, 1.54) is 12.1 Å². The van der Waals surface area contributed by atoms with Crippen molar-refractivity contribution < 1.29 is 46.9 Å². The number of rotatable bonds is 10. The Labute approximate surface area is 463 Å². The standard InChI is InChI=1S/C56H50ClF3N10O7S2/c1-5-56(74)37-18-41-45-30(22-70(41)51(78)36(37)24-75-52(56)72)15-29-16-32(7-10-40(29)64-45)63-54(73)77-28(4)27(3)50(71)67-13-14-69(26(2)21-67)49-34-17-38(57)43(33-8-9-39(59)47-42(33)35(20-61)48(62)79-47)44(60)46(34)65-53(66-49)76-25-55-11-6-12-68(55)23-31(58)19-55/h7-10,15-18,26,28,31,74H,3,5-6,11-14,19,21-25,62H2,1-2,4H3,(H,63,73)/t26-,28-,31+,55-,56-/m0/s1. The van der Waals surface area contributed by atoms with Gasteiger partial charge in [-0.2, -0.15) is 15.2 Å². The summed E-state index contributed by atoms with van der Waals surface area (Å²) in [5.41, 5.74) is 7.80. The van der Waals surface area contributed by atoms with Crippen molar-refractivity contribution in [3.8, 4) is 34.6 Å². The number of aliphatic hydroxyl groups is 1. The molecular formula is C56H50ClF3N10O7S2. The SMILES string of the molecule is C=C(C(=O)N1CCN(c2nc(OC[C@@]34CCCN3C[C@H](F)C4)nc3c(F)c(-c4ccc(F)c5sc(N)c(C#N)c45)c(Cl)cc23)[C@@H](C)C1)[C@H](C)OC(=O)Nc1ccc2nc3c(cc2c1)Cn1c-3cc2c(c1=S)COC(=O)[C@]2(O)CC. The third-order valence-electron chi connectivity index (χ3n) is 16.3. The molecule has 0 aliphatic carbocycles. The third kappa shape index (κ3) is 8.50. The van der Waals surface area contributed by atoms with Crippen molar-refractivity contribution in [1.29, 1.82) is 5.26 Å². The number of nitrogen functional groups attached to an aromatic ring is 1. The molecule has 5 atom stereocenters. The van der Waals surface area contributed by atoms with Crippen LogP contribution < -0.4 is 20.7 Å². The number of halogens is 4. The number of carbonyl (C=O) groups is 3. The van der Waals surface area contributed by atoms with Gasteiger partial charge >= 0.3 is 18.1 Å². The highest BCUT2D eigenvalue weighted by Crippen LogP contribution is 2.47. The smallest absolute Gasteiger partial charge is 0.412 e. The number of anilines is 3. The summed E-state index contributed by atoms with van der Waals surface area (Å²) >= 11 is 13.7. The number of nitriles is 1. The first-order valence-electron chi connectivity index (χ1n) is 25.8. The van der Waals surface area contributed by atoms with E-state index in [4.69, 9.17) is 53.7 Å². The predicted molar refractivity (Wildman–Crippen MR) is 294 cm³/mol. The second-order valence-electron chi connectivity index (χ2n) is 20.9. The summed E-state index contributed by atoms with van der Waals surface area (Å²) in [6.45, 7) is 11.1. The minimum atomic E-state index is -1.82. The molecule has 12 rings (SSSR count). The summed E-state index contributed by atoms with van der Waals surface area (Å²) in [5, 5.41) is 25.2. The highest BCUT2D eigenvalue weighted by Gasteiger charge is 2.50. The molecule has 9 heterocycles. The highest BCUT2D eigenvalue weighted by molar-refractivity contribution is 7.71. The molecule has 0 radical (unpaired) electrons. The summed E-state index contributed by atoms with van der Waals surface area (Å²) in [5.74, 6) is -2.42. The molecule has 4 N–H and O–H groups in total. The fourth-order valence-electron chi connectivity index (χ4n) is 12.1. The number of pyridine rings is 2. The molecule has 406 valence electrons.